The number of amides is 1. The summed E-state index contributed by atoms with van der Waals surface area (Å²) in [5.41, 5.74) is 2.46. The van der Waals surface area contributed by atoms with Gasteiger partial charge in [0.1, 0.15) is 11.6 Å². The average molecular weight is 399 g/mol. The molecule has 150 valence electrons. The highest BCUT2D eigenvalue weighted by molar-refractivity contribution is 5.89. The first-order chi connectivity index (χ1) is 14.6. The number of halogens is 1. The number of hydrogen-bond donors (Lipinski definition) is 2. The number of carbonyl (C=O) groups excluding carboxylic acids is 1. The van der Waals surface area contributed by atoms with Crippen molar-refractivity contribution in [3.8, 4) is 5.75 Å². The van der Waals surface area contributed by atoms with E-state index < -0.39 is 6.04 Å². The third kappa shape index (κ3) is 4.33. The zero-order valence-electron chi connectivity index (χ0n) is 16.4. The Kier molecular flexibility index (Phi) is 5.75. The Labute approximate surface area is 174 Å². The average Bonchev–Trinajstić information content (AvgIpc) is 2.78. The smallest absolute Gasteiger partial charge is 0.221 e. The fourth-order valence-corrected chi connectivity index (χ4v) is 3.70. The minimum Gasteiger partial charge on any atom is -0.508 e. The van der Waals surface area contributed by atoms with Gasteiger partial charge in [-0.1, -0.05) is 72.8 Å². The lowest BCUT2D eigenvalue weighted by Gasteiger charge is -2.22. The topological polar surface area (TPSA) is 49.3 Å². The second-order valence-electron chi connectivity index (χ2n) is 7.26. The molecular weight excluding hydrogens is 377 g/mol. The zero-order valence-corrected chi connectivity index (χ0v) is 16.4. The SMILES string of the molecule is O=C(CCc1ccc(F)cc1)NC(c1ccccc1)c1c(O)ccc2ccccc12. The summed E-state index contributed by atoms with van der Waals surface area (Å²) in [7, 11) is 0. The monoisotopic (exact) mass is 399 g/mol. The molecule has 0 bridgehead atoms. The van der Waals surface area contributed by atoms with Crippen molar-refractivity contribution in [2.75, 3.05) is 0 Å². The normalized spacial score (nSPS) is 11.9. The van der Waals surface area contributed by atoms with Crippen LogP contribution < -0.4 is 5.32 Å². The number of rotatable bonds is 6. The van der Waals surface area contributed by atoms with Gasteiger partial charge in [-0.3, -0.25) is 4.79 Å². The third-order valence-electron chi connectivity index (χ3n) is 5.23. The van der Waals surface area contributed by atoms with Gasteiger partial charge >= 0.3 is 0 Å². The Morgan fingerprint density at radius 2 is 1.57 bits per heavy atom. The molecule has 4 aromatic carbocycles. The van der Waals surface area contributed by atoms with Gasteiger partial charge in [-0.15, -0.1) is 0 Å². The van der Waals surface area contributed by atoms with Gasteiger partial charge in [-0.25, -0.2) is 4.39 Å². The van der Waals surface area contributed by atoms with Gasteiger partial charge in [0.2, 0.25) is 5.91 Å². The van der Waals surface area contributed by atoms with Crippen molar-refractivity contribution < 1.29 is 14.3 Å². The summed E-state index contributed by atoms with van der Waals surface area (Å²) in [6, 6.07) is 26.6. The van der Waals surface area contributed by atoms with Crippen LogP contribution in [0.5, 0.6) is 5.75 Å². The number of aryl methyl sites for hydroxylation is 1. The molecule has 1 unspecified atom stereocenters. The fraction of sp³-hybridized carbons (Fsp3) is 0.115. The fourth-order valence-electron chi connectivity index (χ4n) is 3.70. The van der Waals surface area contributed by atoms with Gasteiger partial charge in [-0.2, -0.15) is 0 Å². The van der Waals surface area contributed by atoms with Crippen molar-refractivity contribution in [3.63, 3.8) is 0 Å². The van der Waals surface area contributed by atoms with Gasteiger partial charge in [0.25, 0.3) is 0 Å². The van der Waals surface area contributed by atoms with Crippen LogP contribution in [0.1, 0.15) is 29.2 Å². The van der Waals surface area contributed by atoms with Crippen LogP contribution in [0.25, 0.3) is 10.8 Å². The lowest BCUT2D eigenvalue weighted by molar-refractivity contribution is -0.121. The highest BCUT2D eigenvalue weighted by Crippen LogP contribution is 2.35. The Bertz CT molecular complexity index is 1160. The zero-order chi connectivity index (χ0) is 20.9. The van der Waals surface area contributed by atoms with Gasteiger partial charge in [-0.05, 0) is 46.5 Å². The molecule has 0 saturated heterocycles. The second-order valence-corrected chi connectivity index (χ2v) is 7.26. The van der Waals surface area contributed by atoms with Crippen LogP contribution >= 0.6 is 0 Å². The summed E-state index contributed by atoms with van der Waals surface area (Å²) < 4.78 is 13.1. The first kappa shape index (κ1) is 19.6. The molecule has 0 aliphatic heterocycles. The van der Waals surface area contributed by atoms with Crippen molar-refractivity contribution in [1.29, 1.82) is 0 Å². The van der Waals surface area contributed by atoms with E-state index in [1.807, 2.05) is 60.7 Å². The van der Waals surface area contributed by atoms with E-state index in [9.17, 15) is 14.3 Å². The van der Waals surface area contributed by atoms with Crippen molar-refractivity contribution in [2.45, 2.75) is 18.9 Å². The van der Waals surface area contributed by atoms with Crippen LogP contribution in [-0.4, -0.2) is 11.0 Å². The highest BCUT2D eigenvalue weighted by atomic mass is 19.1. The first-order valence-electron chi connectivity index (χ1n) is 9.91. The summed E-state index contributed by atoms with van der Waals surface area (Å²) in [4.78, 5) is 12.8. The molecular formula is C26H22FNO2. The van der Waals surface area contributed by atoms with Crippen LogP contribution in [0.3, 0.4) is 0 Å². The molecule has 1 atom stereocenters. The van der Waals surface area contributed by atoms with E-state index in [2.05, 4.69) is 5.32 Å². The molecule has 4 heteroatoms. The maximum atomic E-state index is 13.1. The lowest BCUT2D eigenvalue weighted by atomic mass is 9.92. The number of aromatic hydroxyl groups is 1. The van der Waals surface area contributed by atoms with Gasteiger partial charge in [0.15, 0.2) is 0 Å². The number of phenolic OH excluding ortho intramolecular Hbond substituents is 1. The van der Waals surface area contributed by atoms with E-state index in [0.717, 1.165) is 21.9 Å². The number of benzene rings is 4. The number of nitrogens with one attached hydrogen (secondary N) is 1. The van der Waals surface area contributed by atoms with Crippen LogP contribution in [0, 0.1) is 5.82 Å². The molecule has 3 nitrogen and oxygen atoms in total. The second kappa shape index (κ2) is 8.78. The Morgan fingerprint density at radius 1 is 0.867 bits per heavy atom. The molecule has 0 saturated carbocycles. The molecule has 0 aliphatic carbocycles. The van der Waals surface area contributed by atoms with Gasteiger partial charge in [0.05, 0.1) is 6.04 Å². The van der Waals surface area contributed by atoms with Crippen LogP contribution in [0.2, 0.25) is 0 Å². The molecule has 2 N–H and O–H groups in total. The standard InChI is InChI=1S/C26H22FNO2/c27-21-14-10-18(11-15-21)12-17-24(30)28-26(20-7-2-1-3-8-20)25-22-9-5-4-6-19(22)13-16-23(25)29/h1-11,13-16,26,29H,12,17H2,(H,28,30). The Balaban J connectivity index is 1.64. The van der Waals surface area contributed by atoms with E-state index in [1.54, 1.807) is 18.2 Å². The maximum Gasteiger partial charge on any atom is 0.221 e. The predicted molar refractivity (Wildman–Crippen MR) is 117 cm³/mol. The lowest BCUT2D eigenvalue weighted by Crippen LogP contribution is -2.29. The number of hydrogen-bond acceptors (Lipinski definition) is 2. The molecule has 30 heavy (non-hydrogen) atoms. The number of fused-ring (bicyclic) bond motifs is 1. The van der Waals surface area contributed by atoms with E-state index in [1.165, 1.54) is 12.1 Å². The molecule has 0 aliphatic rings. The summed E-state index contributed by atoms with van der Waals surface area (Å²) in [5, 5.41) is 15.7. The number of carbonyl (C=O) groups is 1. The van der Waals surface area contributed by atoms with E-state index >= 15 is 0 Å². The van der Waals surface area contributed by atoms with Crippen LogP contribution in [-0.2, 0) is 11.2 Å². The quantitative estimate of drug-likeness (QED) is 0.448. The maximum absolute atomic E-state index is 13.1. The highest BCUT2D eigenvalue weighted by Gasteiger charge is 2.22. The minimum atomic E-state index is -0.488. The number of phenols is 1. The minimum absolute atomic E-state index is 0.138. The molecule has 0 radical (unpaired) electrons. The van der Waals surface area contributed by atoms with Gasteiger partial charge < -0.3 is 10.4 Å². The van der Waals surface area contributed by atoms with Crippen LogP contribution in [0.15, 0.2) is 91.0 Å². The summed E-state index contributed by atoms with van der Waals surface area (Å²) >= 11 is 0. The Hall–Kier alpha value is -3.66. The first-order valence-corrected chi connectivity index (χ1v) is 9.91. The van der Waals surface area contributed by atoms with Crippen molar-refractivity contribution >= 4 is 16.7 Å². The summed E-state index contributed by atoms with van der Waals surface area (Å²) in [6.45, 7) is 0. The molecule has 1 amide bonds. The van der Waals surface area contributed by atoms with Gasteiger partial charge in [0, 0.05) is 12.0 Å². The summed E-state index contributed by atoms with van der Waals surface area (Å²) in [5.74, 6) is -0.291. The molecule has 0 heterocycles. The molecule has 0 fully saturated rings. The summed E-state index contributed by atoms with van der Waals surface area (Å²) in [6.07, 6.45) is 0.773. The van der Waals surface area contributed by atoms with Crippen molar-refractivity contribution in [3.05, 3.63) is 114 Å². The van der Waals surface area contributed by atoms with E-state index in [-0.39, 0.29) is 23.9 Å². The molecule has 0 aromatic heterocycles. The van der Waals surface area contributed by atoms with Crippen molar-refractivity contribution in [2.24, 2.45) is 0 Å². The third-order valence-corrected chi connectivity index (χ3v) is 5.23. The van der Waals surface area contributed by atoms with E-state index in [4.69, 9.17) is 0 Å². The molecule has 4 aromatic rings. The van der Waals surface area contributed by atoms with E-state index in [0.29, 0.717) is 12.0 Å². The van der Waals surface area contributed by atoms with Crippen molar-refractivity contribution in [1.82, 2.24) is 5.32 Å². The predicted octanol–water partition coefficient (Wildman–Crippen LogP) is 5.52. The molecule has 4 rings (SSSR count). The Morgan fingerprint density at radius 3 is 2.33 bits per heavy atom. The van der Waals surface area contributed by atoms with Crippen LogP contribution in [0.4, 0.5) is 4.39 Å². The largest absolute Gasteiger partial charge is 0.508 e. The molecule has 0 spiro atoms.